The van der Waals surface area contributed by atoms with Crippen molar-refractivity contribution in [1.82, 2.24) is 0 Å². The molecule has 1 aromatic carbocycles. The first kappa shape index (κ1) is 13.2. The van der Waals surface area contributed by atoms with Crippen LogP contribution < -0.4 is 0 Å². The molecule has 0 unspecified atom stereocenters. The third-order valence-corrected chi connectivity index (χ3v) is 3.37. The second-order valence-corrected chi connectivity index (χ2v) is 5.62. The molecule has 0 aromatic heterocycles. The van der Waals surface area contributed by atoms with E-state index < -0.39 is 0 Å². The molecule has 82 valence electrons. The maximum Gasteiger partial charge on any atom is 0.137 e. The highest BCUT2D eigenvalue weighted by Gasteiger charge is 2.04. The van der Waals surface area contributed by atoms with E-state index in [1.807, 2.05) is 12.1 Å². The minimum Gasteiger partial charge on any atom is -0.506 e. The second kappa shape index (κ2) is 6.67. The third-order valence-electron chi connectivity index (χ3n) is 1.93. The van der Waals surface area contributed by atoms with Crippen molar-refractivity contribution in [2.24, 2.45) is 4.99 Å². The van der Waals surface area contributed by atoms with Crippen LogP contribution in [0.3, 0.4) is 0 Å². The lowest BCUT2D eigenvalue weighted by molar-refractivity contribution is 0.470. The summed E-state index contributed by atoms with van der Waals surface area (Å²) in [7, 11) is 0. The molecule has 4 heteroatoms. The van der Waals surface area contributed by atoms with Crippen molar-refractivity contribution >= 4 is 51.4 Å². The van der Waals surface area contributed by atoms with E-state index in [1.165, 1.54) is 0 Å². The number of aromatic hydroxyl groups is 1. The number of rotatable bonds is 4. The summed E-state index contributed by atoms with van der Waals surface area (Å²) < 4.78 is 1.99. The lowest BCUT2D eigenvalue weighted by atomic mass is 10.2. The third kappa shape index (κ3) is 4.26. The predicted molar refractivity (Wildman–Crippen MR) is 80.9 cm³/mol. The lowest BCUT2D eigenvalue weighted by Gasteiger charge is -2.02. The molecule has 1 rings (SSSR count). The first-order valence-corrected chi connectivity index (χ1v) is 6.98. The highest BCUT2D eigenvalue weighted by Crippen LogP contribution is 2.25. The van der Waals surface area contributed by atoms with Crippen LogP contribution in [0.5, 0.6) is 5.75 Å². The molecule has 0 atom stereocenters. The molecule has 1 aromatic rings. The zero-order valence-corrected chi connectivity index (χ0v) is 12.8. The second-order valence-electron chi connectivity index (χ2n) is 3.21. The van der Waals surface area contributed by atoms with E-state index in [0.29, 0.717) is 5.75 Å². The van der Waals surface area contributed by atoms with Crippen LogP contribution in [0.4, 0.5) is 0 Å². The van der Waals surface area contributed by atoms with E-state index in [-0.39, 0.29) is 0 Å². The van der Waals surface area contributed by atoms with Gasteiger partial charge in [-0.25, -0.2) is 0 Å². The summed E-state index contributed by atoms with van der Waals surface area (Å²) in [6.07, 6.45) is 4.00. The highest BCUT2D eigenvalue weighted by molar-refractivity contribution is 14.1. The van der Waals surface area contributed by atoms with Gasteiger partial charge in [-0.05, 0) is 63.7 Å². The first-order chi connectivity index (χ1) is 7.15. The first-order valence-electron chi connectivity index (χ1n) is 4.83. The standard InChI is InChI=1S/C11H13I2NO/c1-2-3-4-14-7-8-5-9(12)6-10(13)11(8)15/h5-7,15H,2-4H2,1H3. The Bertz CT molecular complexity index is 364. The van der Waals surface area contributed by atoms with Gasteiger partial charge in [-0.15, -0.1) is 0 Å². The van der Waals surface area contributed by atoms with Gasteiger partial charge in [-0.3, -0.25) is 4.99 Å². The van der Waals surface area contributed by atoms with Crippen LogP contribution in [0.1, 0.15) is 25.3 Å². The van der Waals surface area contributed by atoms with E-state index >= 15 is 0 Å². The van der Waals surface area contributed by atoms with E-state index in [4.69, 9.17) is 0 Å². The van der Waals surface area contributed by atoms with Gasteiger partial charge in [0, 0.05) is 21.9 Å². The molecule has 0 spiro atoms. The molecule has 0 saturated heterocycles. The molecule has 0 amide bonds. The molecule has 0 fully saturated rings. The Hall–Kier alpha value is 0.150. The Labute approximate surface area is 117 Å². The van der Waals surface area contributed by atoms with Gasteiger partial charge in [0.25, 0.3) is 0 Å². The number of nitrogens with zero attached hydrogens (tertiary/aromatic N) is 1. The van der Waals surface area contributed by atoms with Crippen molar-refractivity contribution in [1.29, 1.82) is 0 Å². The topological polar surface area (TPSA) is 32.6 Å². The summed E-state index contributed by atoms with van der Waals surface area (Å²) in [6, 6.07) is 3.88. The molecule has 1 N–H and O–H groups in total. The summed E-state index contributed by atoms with van der Waals surface area (Å²) in [4.78, 5) is 4.28. The van der Waals surface area contributed by atoms with Gasteiger partial charge in [0.05, 0.1) is 3.57 Å². The average molecular weight is 429 g/mol. The monoisotopic (exact) mass is 429 g/mol. The molecule has 0 bridgehead atoms. The van der Waals surface area contributed by atoms with Crippen LogP contribution in [0.2, 0.25) is 0 Å². The van der Waals surface area contributed by atoms with Crippen molar-refractivity contribution < 1.29 is 5.11 Å². The molecule has 0 aliphatic heterocycles. The van der Waals surface area contributed by atoms with Crippen molar-refractivity contribution in [2.45, 2.75) is 19.8 Å². The Kier molecular flexibility index (Phi) is 5.88. The van der Waals surface area contributed by atoms with Gasteiger partial charge < -0.3 is 5.11 Å². The maximum absolute atomic E-state index is 9.78. The zero-order chi connectivity index (χ0) is 11.3. The average Bonchev–Trinajstić information content (AvgIpc) is 2.19. The number of hydrogen-bond acceptors (Lipinski definition) is 2. The number of aliphatic imine (C=N–C) groups is 1. The van der Waals surface area contributed by atoms with Gasteiger partial charge in [-0.2, -0.15) is 0 Å². The molecule has 0 heterocycles. The Morgan fingerprint density at radius 3 is 2.80 bits per heavy atom. The molecule has 0 aliphatic carbocycles. The largest absolute Gasteiger partial charge is 0.506 e. The molecular weight excluding hydrogens is 416 g/mol. The SMILES string of the molecule is CCCCN=Cc1cc(I)cc(I)c1O. The summed E-state index contributed by atoms with van der Waals surface area (Å²) in [5.74, 6) is 0.330. The number of hydrogen-bond donors (Lipinski definition) is 1. The maximum atomic E-state index is 9.78. The van der Waals surface area contributed by atoms with E-state index in [9.17, 15) is 5.11 Å². The van der Waals surface area contributed by atoms with Crippen LogP contribution in [-0.4, -0.2) is 17.9 Å². The van der Waals surface area contributed by atoms with Crippen LogP contribution in [0.15, 0.2) is 17.1 Å². The minimum atomic E-state index is 0.330. The smallest absolute Gasteiger partial charge is 0.137 e. The minimum absolute atomic E-state index is 0.330. The molecule has 2 nitrogen and oxygen atoms in total. The summed E-state index contributed by atoms with van der Waals surface area (Å²) in [6.45, 7) is 2.97. The van der Waals surface area contributed by atoms with Crippen LogP contribution in [-0.2, 0) is 0 Å². The molecule has 0 aliphatic rings. The van der Waals surface area contributed by atoms with Gasteiger partial charge in [0.2, 0.25) is 0 Å². The fraction of sp³-hybridized carbons (Fsp3) is 0.364. The van der Waals surface area contributed by atoms with Crippen molar-refractivity contribution in [3.8, 4) is 5.75 Å². The number of phenolic OH excluding ortho intramolecular Hbond substituents is 1. The summed E-state index contributed by atoms with van der Waals surface area (Å²) in [5, 5.41) is 9.78. The number of phenols is 1. The van der Waals surface area contributed by atoms with Crippen LogP contribution in [0.25, 0.3) is 0 Å². The van der Waals surface area contributed by atoms with E-state index in [0.717, 1.165) is 32.1 Å². The van der Waals surface area contributed by atoms with Crippen molar-refractivity contribution in [3.63, 3.8) is 0 Å². The fourth-order valence-corrected chi connectivity index (χ4v) is 2.99. The van der Waals surface area contributed by atoms with Crippen molar-refractivity contribution in [2.75, 3.05) is 6.54 Å². The Morgan fingerprint density at radius 1 is 1.40 bits per heavy atom. The van der Waals surface area contributed by atoms with Crippen molar-refractivity contribution in [3.05, 3.63) is 24.8 Å². The quantitative estimate of drug-likeness (QED) is 0.441. The normalized spacial score (nSPS) is 11.1. The van der Waals surface area contributed by atoms with E-state index in [2.05, 4.69) is 57.1 Å². The Balaban J connectivity index is 2.80. The molecular formula is C11H13I2NO. The Morgan fingerprint density at radius 2 is 2.13 bits per heavy atom. The summed E-state index contributed by atoms with van der Waals surface area (Å²) in [5.41, 5.74) is 0.808. The van der Waals surface area contributed by atoms with Gasteiger partial charge >= 0.3 is 0 Å². The van der Waals surface area contributed by atoms with Crippen LogP contribution >= 0.6 is 45.2 Å². The molecule has 0 saturated carbocycles. The highest BCUT2D eigenvalue weighted by atomic mass is 127. The predicted octanol–water partition coefficient (Wildman–Crippen LogP) is 3.82. The van der Waals surface area contributed by atoms with Gasteiger partial charge in [0.15, 0.2) is 0 Å². The molecule has 0 radical (unpaired) electrons. The van der Waals surface area contributed by atoms with E-state index in [1.54, 1.807) is 6.21 Å². The zero-order valence-electron chi connectivity index (χ0n) is 8.50. The lowest BCUT2D eigenvalue weighted by Crippen LogP contribution is -1.89. The van der Waals surface area contributed by atoms with Gasteiger partial charge in [-0.1, -0.05) is 13.3 Å². The summed E-state index contributed by atoms with van der Waals surface area (Å²) >= 11 is 4.37. The molecule has 15 heavy (non-hydrogen) atoms. The van der Waals surface area contributed by atoms with Gasteiger partial charge in [0.1, 0.15) is 5.75 Å². The number of halogens is 2. The number of benzene rings is 1. The number of unbranched alkanes of at least 4 members (excludes halogenated alkanes) is 1. The van der Waals surface area contributed by atoms with Crippen LogP contribution in [0, 0.1) is 7.14 Å². The fourth-order valence-electron chi connectivity index (χ4n) is 1.10.